The lowest BCUT2D eigenvalue weighted by molar-refractivity contribution is -0.171. The first-order valence-electron chi connectivity index (χ1n) is 6.27. The van der Waals surface area contributed by atoms with E-state index in [2.05, 4.69) is 5.32 Å². The molecule has 1 rings (SSSR count). The molecule has 0 aromatic rings. The van der Waals surface area contributed by atoms with E-state index in [0.717, 1.165) is 19.3 Å². The molecule has 4 heteroatoms. The molecule has 0 atom stereocenters. The molecule has 0 aromatic carbocycles. The number of amides is 1. The van der Waals surface area contributed by atoms with Crippen LogP contribution >= 0.6 is 0 Å². The minimum absolute atomic E-state index is 0.153. The molecule has 98 valence electrons. The molecule has 0 aliphatic heterocycles. The summed E-state index contributed by atoms with van der Waals surface area (Å²) in [6, 6.07) is 0. The monoisotopic (exact) mass is 241 g/mol. The van der Waals surface area contributed by atoms with Crippen LogP contribution in [0.3, 0.4) is 0 Å². The topological polar surface area (TPSA) is 55.4 Å². The van der Waals surface area contributed by atoms with Crippen LogP contribution in [0.4, 0.5) is 0 Å². The Kier molecular flexibility index (Phi) is 4.17. The van der Waals surface area contributed by atoms with Crippen molar-refractivity contribution in [3.8, 4) is 0 Å². The number of nitrogens with one attached hydrogen (secondary N) is 1. The maximum absolute atomic E-state index is 12.3. The standard InChI is InChI=1S/C13H23NO3/c1-10(15)17-13(8-6-5-7-9-13)11(16)14-12(2,3)4/h5-9H2,1-4H3,(H,14,16). The minimum Gasteiger partial charge on any atom is -0.449 e. The van der Waals surface area contributed by atoms with Gasteiger partial charge in [-0.1, -0.05) is 6.42 Å². The number of esters is 1. The molecule has 0 aromatic heterocycles. The van der Waals surface area contributed by atoms with E-state index in [4.69, 9.17) is 4.74 Å². The molecule has 0 saturated heterocycles. The lowest BCUT2D eigenvalue weighted by Gasteiger charge is -2.37. The van der Waals surface area contributed by atoms with Gasteiger partial charge in [0.25, 0.3) is 5.91 Å². The van der Waals surface area contributed by atoms with Crippen molar-refractivity contribution >= 4 is 11.9 Å². The highest BCUT2D eigenvalue weighted by atomic mass is 16.6. The summed E-state index contributed by atoms with van der Waals surface area (Å²) in [5, 5.41) is 2.92. The third kappa shape index (κ3) is 4.02. The molecule has 0 radical (unpaired) electrons. The highest BCUT2D eigenvalue weighted by Crippen LogP contribution is 2.32. The maximum atomic E-state index is 12.3. The number of carbonyl (C=O) groups excluding carboxylic acids is 2. The molecule has 0 spiro atoms. The zero-order valence-electron chi connectivity index (χ0n) is 11.3. The molecule has 4 nitrogen and oxygen atoms in total. The second kappa shape index (κ2) is 5.07. The van der Waals surface area contributed by atoms with Crippen LogP contribution in [0.15, 0.2) is 0 Å². The van der Waals surface area contributed by atoms with Crippen LogP contribution in [-0.2, 0) is 14.3 Å². The molecular formula is C13H23NO3. The van der Waals surface area contributed by atoms with Crippen molar-refractivity contribution in [2.75, 3.05) is 0 Å². The van der Waals surface area contributed by atoms with Crippen LogP contribution < -0.4 is 5.32 Å². The Bertz CT molecular complexity index is 298. The molecule has 1 saturated carbocycles. The van der Waals surface area contributed by atoms with Crippen molar-refractivity contribution in [1.29, 1.82) is 0 Å². The van der Waals surface area contributed by atoms with E-state index >= 15 is 0 Å². The van der Waals surface area contributed by atoms with Crippen molar-refractivity contribution < 1.29 is 14.3 Å². The fourth-order valence-electron chi connectivity index (χ4n) is 2.23. The number of hydrogen-bond acceptors (Lipinski definition) is 3. The van der Waals surface area contributed by atoms with Gasteiger partial charge in [-0.05, 0) is 46.5 Å². The summed E-state index contributed by atoms with van der Waals surface area (Å²) < 4.78 is 5.34. The van der Waals surface area contributed by atoms with Crippen molar-refractivity contribution in [3.05, 3.63) is 0 Å². The molecule has 1 fully saturated rings. The quantitative estimate of drug-likeness (QED) is 0.754. The lowest BCUT2D eigenvalue weighted by Crippen LogP contribution is -2.55. The van der Waals surface area contributed by atoms with Crippen LogP contribution in [0.25, 0.3) is 0 Å². The highest BCUT2D eigenvalue weighted by molar-refractivity contribution is 5.88. The fourth-order valence-corrected chi connectivity index (χ4v) is 2.23. The second-order valence-electron chi connectivity index (χ2n) is 5.85. The molecule has 1 N–H and O–H groups in total. The van der Waals surface area contributed by atoms with Gasteiger partial charge >= 0.3 is 5.97 Å². The Hall–Kier alpha value is -1.06. The van der Waals surface area contributed by atoms with Gasteiger partial charge in [0.1, 0.15) is 0 Å². The third-order valence-corrected chi connectivity index (χ3v) is 2.90. The van der Waals surface area contributed by atoms with Crippen LogP contribution in [0.5, 0.6) is 0 Å². The summed E-state index contributed by atoms with van der Waals surface area (Å²) in [5.74, 6) is -0.532. The number of carbonyl (C=O) groups is 2. The van der Waals surface area contributed by atoms with Crippen molar-refractivity contribution in [2.24, 2.45) is 0 Å². The Labute approximate surface area is 103 Å². The van der Waals surface area contributed by atoms with Gasteiger partial charge in [-0.2, -0.15) is 0 Å². The SMILES string of the molecule is CC(=O)OC1(C(=O)NC(C)(C)C)CCCCC1. The summed E-state index contributed by atoms with van der Waals surface area (Å²) in [6.07, 6.45) is 4.24. The largest absolute Gasteiger partial charge is 0.449 e. The van der Waals surface area contributed by atoms with Crippen molar-refractivity contribution in [1.82, 2.24) is 5.32 Å². The van der Waals surface area contributed by atoms with Gasteiger partial charge in [-0.15, -0.1) is 0 Å². The average Bonchev–Trinajstić information content (AvgIpc) is 2.15. The molecular weight excluding hydrogens is 218 g/mol. The fraction of sp³-hybridized carbons (Fsp3) is 0.846. The first-order valence-corrected chi connectivity index (χ1v) is 6.27. The summed E-state index contributed by atoms with van der Waals surface area (Å²) in [5.41, 5.74) is -1.24. The average molecular weight is 241 g/mol. The zero-order chi connectivity index (χ0) is 13.1. The normalized spacial score (nSPS) is 19.5. The summed E-state index contributed by atoms with van der Waals surface area (Å²) >= 11 is 0. The van der Waals surface area contributed by atoms with Crippen LogP contribution in [0.1, 0.15) is 59.8 Å². The second-order valence-corrected chi connectivity index (χ2v) is 5.85. The Morgan fingerprint density at radius 3 is 2.06 bits per heavy atom. The van der Waals surface area contributed by atoms with Gasteiger partial charge in [0.2, 0.25) is 0 Å². The molecule has 1 aliphatic carbocycles. The van der Waals surface area contributed by atoms with Gasteiger partial charge in [0, 0.05) is 12.5 Å². The predicted octanol–water partition coefficient (Wildman–Crippen LogP) is 2.17. The third-order valence-electron chi connectivity index (χ3n) is 2.90. The van der Waals surface area contributed by atoms with E-state index in [1.165, 1.54) is 6.92 Å². The van der Waals surface area contributed by atoms with E-state index in [-0.39, 0.29) is 17.4 Å². The van der Waals surface area contributed by atoms with Gasteiger partial charge in [-0.25, -0.2) is 0 Å². The summed E-state index contributed by atoms with van der Waals surface area (Å²) in [4.78, 5) is 23.5. The first-order chi connectivity index (χ1) is 7.75. The van der Waals surface area contributed by atoms with Crippen molar-refractivity contribution in [2.45, 2.75) is 70.9 Å². The van der Waals surface area contributed by atoms with E-state index in [1.807, 2.05) is 20.8 Å². The predicted molar refractivity (Wildman–Crippen MR) is 65.5 cm³/mol. The Balaban J connectivity index is 2.81. The summed E-state index contributed by atoms with van der Waals surface area (Å²) in [7, 11) is 0. The van der Waals surface area contributed by atoms with E-state index < -0.39 is 5.60 Å². The molecule has 1 amide bonds. The van der Waals surface area contributed by atoms with Gasteiger partial charge in [-0.3, -0.25) is 9.59 Å². The molecule has 0 bridgehead atoms. The Morgan fingerprint density at radius 2 is 1.65 bits per heavy atom. The first kappa shape index (κ1) is 14.0. The van der Waals surface area contributed by atoms with E-state index in [9.17, 15) is 9.59 Å². The summed E-state index contributed by atoms with van der Waals surface area (Å²) in [6.45, 7) is 7.14. The van der Waals surface area contributed by atoms with E-state index in [0.29, 0.717) is 12.8 Å². The van der Waals surface area contributed by atoms with Crippen LogP contribution in [0.2, 0.25) is 0 Å². The maximum Gasteiger partial charge on any atom is 0.303 e. The minimum atomic E-state index is -0.933. The van der Waals surface area contributed by atoms with Crippen LogP contribution in [-0.4, -0.2) is 23.0 Å². The van der Waals surface area contributed by atoms with Crippen LogP contribution in [0, 0.1) is 0 Å². The van der Waals surface area contributed by atoms with Crippen molar-refractivity contribution in [3.63, 3.8) is 0 Å². The number of ether oxygens (including phenoxy) is 1. The molecule has 0 unspecified atom stereocenters. The van der Waals surface area contributed by atoms with E-state index in [1.54, 1.807) is 0 Å². The smallest absolute Gasteiger partial charge is 0.303 e. The molecule has 1 aliphatic rings. The number of hydrogen-bond donors (Lipinski definition) is 1. The highest BCUT2D eigenvalue weighted by Gasteiger charge is 2.43. The van der Waals surface area contributed by atoms with Gasteiger partial charge in [0.05, 0.1) is 0 Å². The molecule has 0 heterocycles. The van der Waals surface area contributed by atoms with Gasteiger partial charge in [0.15, 0.2) is 5.60 Å². The Morgan fingerprint density at radius 1 is 1.12 bits per heavy atom. The molecule has 17 heavy (non-hydrogen) atoms. The van der Waals surface area contributed by atoms with Gasteiger partial charge < -0.3 is 10.1 Å². The number of rotatable bonds is 2. The zero-order valence-corrected chi connectivity index (χ0v) is 11.3. The lowest BCUT2D eigenvalue weighted by atomic mass is 9.83.